The zero-order valence-electron chi connectivity index (χ0n) is 19.6. The van der Waals surface area contributed by atoms with Crippen molar-refractivity contribution >= 4 is 46.8 Å². The highest BCUT2D eigenvalue weighted by atomic mass is 35.5. The Morgan fingerprint density at radius 1 is 1.03 bits per heavy atom. The van der Waals surface area contributed by atoms with Gasteiger partial charge in [0.15, 0.2) is 0 Å². The normalized spacial score (nSPS) is 12.7. The van der Waals surface area contributed by atoms with E-state index in [1.54, 1.807) is 18.1 Å². The molecule has 2 aromatic rings. The summed E-state index contributed by atoms with van der Waals surface area (Å²) in [6.07, 6.45) is 1.36. The van der Waals surface area contributed by atoms with E-state index in [1.165, 1.54) is 11.8 Å². The summed E-state index contributed by atoms with van der Waals surface area (Å²) in [5, 5.41) is 4.03. The molecule has 0 aliphatic heterocycles. The smallest absolute Gasteiger partial charge is 0.243 e. The highest BCUT2D eigenvalue weighted by Gasteiger charge is 2.29. The van der Waals surface area contributed by atoms with Crippen molar-refractivity contribution in [2.45, 2.75) is 58.0 Å². The second-order valence-corrected chi connectivity index (χ2v) is 9.65. The Balaban J connectivity index is 2.14. The highest BCUT2D eigenvalue weighted by molar-refractivity contribution is 7.99. The minimum Gasteiger partial charge on any atom is -0.497 e. The number of amides is 2. The lowest BCUT2D eigenvalue weighted by atomic mass is 10.1. The number of benzene rings is 2. The number of rotatable bonds is 12. The van der Waals surface area contributed by atoms with Gasteiger partial charge in [-0.15, -0.1) is 11.8 Å². The Morgan fingerprint density at radius 3 is 2.27 bits per heavy atom. The van der Waals surface area contributed by atoms with E-state index < -0.39 is 6.04 Å². The van der Waals surface area contributed by atoms with Gasteiger partial charge in [-0.25, -0.2) is 0 Å². The Kier molecular flexibility index (Phi) is 11.4. The molecule has 0 spiro atoms. The van der Waals surface area contributed by atoms with Crippen LogP contribution in [0.2, 0.25) is 10.0 Å². The topological polar surface area (TPSA) is 58.6 Å². The third kappa shape index (κ3) is 8.43. The molecule has 33 heavy (non-hydrogen) atoms. The maximum absolute atomic E-state index is 13.3. The quantitative estimate of drug-likeness (QED) is 0.382. The van der Waals surface area contributed by atoms with Crippen LogP contribution in [0.15, 0.2) is 42.5 Å². The van der Waals surface area contributed by atoms with E-state index in [-0.39, 0.29) is 23.6 Å². The fourth-order valence-corrected chi connectivity index (χ4v) is 4.44. The van der Waals surface area contributed by atoms with Gasteiger partial charge in [0, 0.05) is 18.3 Å². The molecule has 2 unspecified atom stereocenters. The van der Waals surface area contributed by atoms with Crippen molar-refractivity contribution < 1.29 is 14.3 Å². The van der Waals surface area contributed by atoms with Gasteiger partial charge in [-0.2, -0.15) is 0 Å². The van der Waals surface area contributed by atoms with Crippen molar-refractivity contribution in [2.24, 2.45) is 0 Å². The number of carbonyl (C=O) groups is 2. The second kappa shape index (κ2) is 13.7. The third-order valence-corrected chi connectivity index (χ3v) is 7.10. The number of nitrogens with one attached hydrogen (secondary N) is 1. The highest BCUT2D eigenvalue weighted by Crippen LogP contribution is 2.25. The standard InChI is InChI=1S/C25H32Cl2N2O3S/c1-5-17(3)28-25(31)23(6-2)29(14-18-7-10-20(32-4)11-8-18)24(30)16-33-15-19-9-12-21(26)22(27)13-19/h7-13,17,23H,5-6,14-16H2,1-4H3,(H,28,31). The molecule has 2 aromatic carbocycles. The van der Waals surface area contributed by atoms with Crippen LogP contribution < -0.4 is 10.1 Å². The first-order valence-corrected chi connectivity index (χ1v) is 12.9. The molecular weight excluding hydrogens is 479 g/mol. The minimum absolute atomic E-state index is 0.0496. The fraction of sp³-hybridized carbons (Fsp3) is 0.440. The summed E-state index contributed by atoms with van der Waals surface area (Å²) in [7, 11) is 1.61. The lowest BCUT2D eigenvalue weighted by Gasteiger charge is -2.31. The number of thioether (sulfide) groups is 1. The maximum atomic E-state index is 13.3. The Morgan fingerprint density at radius 2 is 1.70 bits per heavy atom. The molecule has 1 N–H and O–H groups in total. The molecule has 0 saturated heterocycles. The SMILES string of the molecule is CCC(C)NC(=O)C(CC)N(Cc1ccc(OC)cc1)C(=O)CSCc1ccc(Cl)c(Cl)c1. The lowest BCUT2D eigenvalue weighted by molar-refractivity contribution is -0.139. The van der Waals surface area contributed by atoms with Gasteiger partial charge < -0.3 is 15.0 Å². The van der Waals surface area contributed by atoms with Crippen molar-refractivity contribution in [1.29, 1.82) is 0 Å². The van der Waals surface area contributed by atoms with Crippen LogP contribution in [-0.4, -0.2) is 41.7 Å². The van der Waals surface area contributed by atoms with E-state index in [4.69, 9.17) is 27.9 Å². The number of hydrogen-bond acceptors (Lipinski definition) is 4. The summed E-state index contributed by atoms with van der Waals surface area (Å²) in [4.78, 5) is 28.0. The number of hydrogen-bond donors (Lipinski definition) is 1. The van der Waals surface area contributed by atoms with Crippen LogP contribution in [0.1, 0.15) is 44.7 Å². The van der Waals surface area contributed by atoms with Crippen LogP contribution in [0.4, 0.5) is 0 Å². The number of carbonyl (C=O) groups excluding carboxylic acids is 2. The molecule has 0 aliphatic rings. The van der Waals surface area contributed by atoms with E-state index in [2.05, 4.69) is 5.32 Å². The van der Waals surface area contributed by atoms with Gasteiger partial charge in [0.2, 0.25) is 11.8 Å². The molecule has 0 bridgehead atoms. The second-order valence-electron chi connectivity index (χ2n) is 7.85. The van der Waals surface area contributed by atoms with Gasteiger partial charge in [0.25, 0.3) is 0 Å². The summed E-state index contributed by atoms with van der Waals surface area (Å²) < 4.78 is 5.23. The summed E-state index contributed by atoms with van der Waals surface area (Å²) in [6.45, 7) is 6.26. The zero-order valence-corrected chi connectivity index (χ0v) is 21.9. The van der Waals surface area contributed by atoms with Crippen molar-refractivity contribution in [1.82, 2.24) is 10.2 Å². The number of ether oxygens (including phenoxy) is 1. The van der Waals surface area contributed by atoms with Gasteiger partial charge in [0.05, 0.1) is 22.9 Å². The monoisotopic (exact) mass is 510 g/mol. The summed E-state index contributed by atoms with van der Waals surface area (Å²) >= 11 is 13.6. The van der Waals surface area contributed by atoms with E-state index in [1.807, 2.05) is 57.2 Å². The zero-order chi connectivity index (χ0) is 24.4. The minimum atomic E-state index is -0.542. The molecule has 0 aliphatic carbocycles. The van der Waals surface area contributed by atoms with Crippen molar-refractivity contribution in [3.8, 4) is 5.75 Å². The fourth-order valence-electron chi connectivity index (χ4n) is 3.26. The molecule has 5 nitrogen and oxygen atoms in total. The number of methoxy groups -OCH3 is 1. The first-order valence-electron chi connectivity index (χ1n) is 11.0. The first kappa shape index (κ1) is 27.4. The summed E-state index contributed by atoms with van der Waals surface area (Å²) in [5.74, 6) is 1.42. The van der Waals surface area contributed by atoms with Gasteiger partial charge in [-0.05, 0) is 55.2 Å². The van der Waals surface area contributed by atoms with Crippen LogP contribution in [0.5, 0.6) is 5.75 Å². The average molecular weight is 512 g/mol. The molecule has 0 aromatic heterocycles. The van der Waals surface area contributed by atoms with Crippen LogP contribution in [-0.2, 0) is 21.9 Å². The molecule has 8 heteroatoms. The van der Waals surface area contributed by atoms with Gasteiger partial charge >= 0.3 is 0 Å². The van der Waals surface area contributed by atoms with Crippen LogP contribution in [0.3, 0.4) is 0 Å². The first-order chi connectivity index (χ1) is 15.8. The van der Waals surface area contributed by atoms with Crippen LogP contribution >= 0.6 is 35.0 Å². The molecule has 2 atom stereocenters. The van der Waals surface area contributed by atoms with Gasteiger partial charge in [0.1, 0.15) is 11.8 Å². The number of halogens is 2. The third-order valence-electron chi connectivity index (χ3n) is 5.38. The molecular formula is C25H32Cl2N2O3S. The maximum Gasteiger partial charge on any atom is 0.243 e. The van der Waals surface area contributed by atoms with E-state index >= 15 is 0 Å². The Bertz CT molecular complexity index is 924. The molecule has 0 saturated carbocycles. The summed E-state index contributed by atoms with van der Waals surface area (Å²) in [5.41, 5.74) is 1.93. The van der Waals surface area contributed by atoms with Crippen LogP contribution in [0.25, 0.3) is 0 Å². The molecule has 0 radical (unpaired) electrons. The van der Waals surface area contributed by atoms with Crippen molar-refractivity contribution in [3.63, 3.8) is 0 Å². The van der Waals surface area contributed by atoms with E-state index in [0.29, 0.717) is 28.8 Å². The van der Waals surface area contributed by atoms with Crippen LogP contribution in [0, 0.1) is 0 Å². The predicted molar refractivity (Wildman–Crippen MR) is 138 cm³/mol. The van der Waals surface area contributed by atoms with Crippen molar-refractivity contribution in [2.75, 3.05) is 12.9 Å². The summed E-state index contributed by atoms with van der Waals surface area (Å²) in [6, 6.07) is 12.5. The molecule has 2 rings (SSSR count). The van der Waals surface area contributed by atoms with Crippen molar-refractivity contribution in [3.05, 3.63) is 63.6 Å². The molecule has 2 amide bonds. The van der Waals surface area contributed by atoms with E-state index in [9.17, 15) is 9.59 Å². The molecule has 0 heterocycles. The molecule has 0 fully saturated rings. The van der Waals surface area contributed by atoms with Gasteiger partial charge in [-0.3, -0.25) is 9.59 Å². The lowest BCUT2D eigenvalue weighted by Crippen LogP contribution is -2.51. The number of nitrogens with zero attached hydrogens (tertiary/aromatic N) is 1. The van der Waals surface area contributed by atoms with Gasteiger partial charge in [-0.1, -0.05) is 55.2 Å². The predicted octanol–water partition coefficient (Wildman–Crippen LogP) is 5.96. The molecule has 180 valence electrons. The Hall–Kier alpha value is -1.89. The average Bonchev–Trinajstić information content (AvgIpc) is 2.81. The Labute approximate surface area is 211 Å². The largest absolute Gasteiger partial charge is 0.497 e. The van der Waals surface area contributed by atoms with E-state index in [0.717, 1.165) is 23.3 Å².